The van der Waals surface area contributed by atoms with Crippen LogP contribution in [0.25, 0.3) is 0 Å². The number of halogens is 3. The molecule has 1 rings (SSSR count). The quantitative estimate of drug-likeness (QED) is 0.799. The zero-order valence-corrected chi connectivity index (χ0v) is 14.3. The number of rotatable bonds is 4. The van der Waals surface area contributed by atoms with E-state index in [1.807, 2.05) is 33.9 Å². The fourth-order valence-corrected chi connectivity index (χ4v) is 2.72. The van der Waals surface area contributed by atoms with E-state index in [0.29, 0.717) is 0 Å². The van der Waals surface area contributed by atoms with Gasteiger partial charge in [-0.2, -0.15) is 13.2 Å². The van der Waals surface area contributed by atoms with E-state index in [0.717, 1.165) is 0 Å². The second kappa shape index (κ2) is 5.95. The van der Waals surface area contributed by atoms with Crippen molar-refractivity contribution in [1.29, 1.82) is 0 Å². The lowest BCUT2D eigenvalue weighted by molar-refractivity contribution is -0.127. The molecule has 7 heteroatoms. The van der Waals surface area contributed by atoms with Crippen LogP contribution in [0.3, 0.4) is 0 Å². The molecule has 0 heterocycles. The Kier molecular flexibility index (Phi) is 5.01. The van der Waals surface area contributed by atoms with Crippen molar-refractivity contribution in [2.24, 2.45) is 0 Å². The molecule has 0 saturated heterocycles. The maximum absolute atomic E-state index is 12.8. The first-order valence-electron chi connectivity index (χ1n) is 6.85. The number of hydrogen-bond acceptors (Lipinski definition) is 2. The van der Waals surface area contributed by atoms with Crippen molar-refractivity contribution in [3.63, 3.8) is 0 Å². The summed E-state index contributed by atoms with van der Waals surface area (Å²) in [5.74, 6) is -1.37. The smallest absolute Gasteiger partial charge is 0.393 e. The SMILES string of the molecule is CC(C)(C)[Si](C)(C)Oc1cccc(C(=O)O)c1CC(F)(F)F. The average molecular weight is 334 g/mol. The van der Waals surface area contributed by atoms with E-state index in [1.165, 1.54) is 18.2 Å². The van der Waals surface area contributed by atoms with Gasteiger partial charge < -0.3 is 9.53 Å². The van der Waals surface area contributed by atoms with Gasteiger partial charge in [0.05, 0.1) is 12.0 Å². The van der Waals surface area contributed by atoms with Gasteiger partial charge in [0.1, 0.15) is 5.75 Å². The van der Waals surface area contributed by atoms with Gasteiger partial charge in [-0.1, -0.05) is 26.8 Å². The lowest BCUT2D eigenvalue weighted by atomic mass is 10.0. The van der Waals surface area contributed by atoms with Crippen molar-refractivity contribution in [2.45, 2.75) is 51.5 Å². The summed E-state index contributed by atoms with van der Waals surface area (Å²) in [5.41, 5.74) is -0.680. The molecule has 1 aromatic carbocycles. The molecule has 124 valence electrons. The molecule has 0 bridgehead atoms. The Morgan fingerprint density at radius 3 is 2.18 bits per heavy atom. The van der Waals surface area contributed by atoms with Crippen molar-refractivity contribution in [1.82, 2.24) is 0 Å². The van der Waals surface area contributed by atoms with Crippen LogP contribution in [0.1, 0.15) is 36.7 Å². The number of carboxylic acid groups (broad SMARTS) is 1. The molecule has 3 nitrogen and oxygen atoms in total. The molecule has 0 radical (unpaired) electrons. The second-order valence-corrected chi connectivity index (χ2v) is 11.5. The minimum Gasteiger partial charge on any atom is -0.543 e. The number of benzene rings is 1. The molecule has 0 aliphatic rings. The molecule has 0 aliphatic heterocycles. The number of hydrogen-bond donors (Lipinski definition) is 1. The summed E-state index contributed by atoms with van der Waals surface area (Å²) in [6.45, 7) is 9.69. The molecule has 0 amide bonds. The third kappa shape index (κ3) is 4.49. The van der Waals surface area contributed by atoms with Crippen LogP contribution in [0.2, 0.25) is 18.1 Å². The van der Waals surface area contributed by atoms with E-state index < -0.39 is 26.9 Å². The highest BCUT2D eigenvalue weighted by Crippen LogP contribution is 2.39. The molecule has 0 fully saturated rings. The standard InChI is InChI=1S/C15H21F3O3Si/c1-14(2,3)22(4,5)21-12-8-6-7-10(13(19)20)11(12)9-15(16,17)18/h6-8H,9H2,1-5H3,(H,19,20). The van der Waals surface area contributed by atoms with Gasteiger partial charge in [0.2, 0.25) is 8.32 Å². The summed E-state index contributed by atoms with van der Waals surface area (Å²) >= 11 is 0. The van der Waals surface area contributed by atoms with Crippen LogP contribution >= 0.6 is 0 Å². The number of alkyl halides is 3. The van der Waals surface area contributed by atoms with Crippen LogP contribution in [-0.2, 0) is 6.42 Å². The Labute approximate surface area is 129 Å². The first-order chi connectivity index (χ1) is 9.74. The van der Waals surface area contributed by atoms with Gasteiger partial charge in [0.25, 0.3) is 0 Å². The highest BCUT2D eigenvalue weighted by Gasteiger charge is 2.40. The summed E-state index contributed by atoms with van der Waals surface area (Å²) in [5, 5.41) is 8.93. The molecule has 0 aromatic heterocycles. The zero-order valence-electron chi connectivity index (χ0n) is 13.3. The van der Waals surface area contributed by atoms with Crippen LogP contribution in [0.5, 0.6) is 5.75 Å². The van der Waals surface area contributed by atoms with Crippen molar-refractivity contribution >= 4 is 14.3 Å². The van der Waals surface area contributed by atoms with Gasteiger partial charge in [0.15, 0.2) is 0 Å². The predicted octanol–water partition coefficient (Wildman–Crippen LogP) is 4.87. The highest BCUT2D eigenvalue weighted by atomic mass is 28.4. The largest absolute Gasteiger partial charge is 0.543 e. The Balaban J connectivity index is 3.36. The van der Waals surface area contributed by atoms with E-state index in [1.54, 1.807) is 0 Å². The zero-order chi connectivity index (χ0) is 17.3. The molecule has 1 N–H and O–H groups in total. The van der Waals surface area contributed by atoms with Crippen LogP contribution in [0.15, 0.2) is 18.2 Å². The van der Waals surface area contributed by atoms with Gasteiger partial charge in [0, 0.05) is 5.56 Å². The minimum atomic E-state index is -4.50. The van der Waals surface area contributed by atoms with E-state index in [-0.39, 0.29) is 21.9 Å². The van der Waals surface area contributed by atoms with Crippen LogP contribution < -0.4 is 4.43 Å². The Morgan fingerprint density at radius 1 is 1.23 bits per heavy atom. The van der Waals surface area contributed by atoms with Gasteiger partial charge >= 0.3 is 12.1 Å². The highest BCUT2D eigenvalue weighted by molar-refractivity contribution is 6.74. The number of aromatic carboxylic acids is 1. The lowest BCUT2D eigenvalue weighted by Gasteiger charge is -2.37. The average Bonchev–Trinajstić information content (AvgIpc) is 2.27. The fraction of sp³-hybridized carbons (Fsp3) is 0.533. The molecule has 0 saturated carbocycles. The Hall–Kier alpha value is -1.50. The predicted molar refractivity (Wildman–Crippen MR) is 81.0 cm³/mol. The maximum atomic E-state index is 12.8. The molecule has 0 unspecified atom stereocenters. The summed E-state index contributed by atoms with van der Waals surface area (Å²) in [7, 11) is -2.37. The molecule has 1 aromatic rings. The summed E-state index contributed by atoms with van der Waals surface area (Å²) < 4.78 is 44.3. The fourth-order valence-electron chi connectivity index (χ4n) is 1.67. The molecular formula is C15H21F3O3Si. The van der Waals surface area contributed by atoms with E-state index >= 15 is 0 Å². The van der Waals surface area contributed by atoms with E-state index in [2.05, 4.69) is 0 Å². The van der Waals surface area contributed by atoms with Gasteiger partial charge in [-0.3, -0.25) is 0 Å². The molecular weight excluding hydrogens is 313 g/mol. The summed E-state index contributed by atoms with van der Waals surface area (Å²) in [4.78, 5) is 11.2. The van der Waals surface area contributed by atoms with Gasteiger partial charge in [-0.05, 0) is 30.3 Å². The van der Waals surface area contributed by atoms with Gasteiger partial charge in [-0.15, -0.1) is 0 Å². The van der Waals surface area contributed by atoms with Crippen molar-refractivity contribution < 1.29 is 27.5 Å². The maximum Gasteiger partial charge on any atom is 0.393 e. The van der Waals surface area contributed by atoms with E-state index in [9.17, 15) is 18.0 Å². The number of carbonyl (C=O) groups is 1. The molecule has 22 heavy (non-hydrogen) atoms. The van der Waals surface area contributed by atoms with Crippen LogP contribution in [0, 0.1) is 0 Å². The number of carboxylic acids is 1. The minimum absolute atomic E-state index is 0.0174. The Morgan fingerprint density at radius 2 is 1.77 bits per heavy atom. The third-order valence-electron chi connectivity index (χ3n) is 3.91. The lowest BCUT2D eigenvalue weighted by Crippen LogP contribution is -2.44. The first kappa shape index (κ1) is 18.5. The first-order valence-corrected chi connectivity index (χ1v) is 9.76. The molecule has 0 spiro atoms. The van der Waals surface area contributed by atoms with E-state index in [4.69, 9.17) is 9.53 Å². The van der Waals surface area contributed by atoms with Crippen molar-refractivity contribution in [2.75, 3.05) is 0 Å². The molecule has 0 aliphatic carbocycles. The molecule has 0 atom stereocenters. The summed E-state index contributed by atoms with van der Waals surface area (Å²) in [6.07, 6.45) is -5.82. The topological polar surface area (TPSA) is 46.5 Å². The van der Waals surface area contributed by atoms with Crippen LogP contribution in [-0.4, -0.2) is 25.6 Å². The monoisotopic (exact) mass is 334 g/mol. The second-order valence-electron chi connectivity index (χ2n) is 6.74. The van der Waals surface area contributed by atoms with Crippen LogP contribution in [0.4, 0.5) is 13.2 Å². The van der Waals surface area contributed by atoms with Crippen molar-refractivity contribution in [3.05, 3.63) is 29.3 Å². The summed E-state index contributed by atoms with van der Waals surface area (Å²) in [6, 6.07) is 3.99. The third-order valence-corrected chi connectivity index (χ3v) is 8.25. The normalized spacial score (nSPS) is 13.1. The van der Waals surface area contributed by atoms with Gasteiger partial charge in [-0.25, -0.2) is 4.79 Å². The van der Waals surface area contributed by atoms with Crippen molar-refractivity contribution in [3.8, 4) is 5.75 Å². The Bertz CT molecular complexity index is 560.